The normalized spacial score (nSPS) is 32.5. The van der Waals surface area contributed by atoms with Gasteiger partial charge in [0, 0.05) is 5.92 Å². The molecule has 4 aliphatic rings. The molecule has 1 saturated heterocycles. The highest BCUT2D eigenvalue weighted by Gasteiger charge is 2.63. The molecule has 1 aliphatic heterocycles. The van der Waals surface area contributed by atoms with Crippen LogP contribution >= 0.6 is 0 Å². The van der Waals surface area contributed by atoms with Gasteiger partial charge in [0.1, 0.15) is 0 Å². The monoisotopic (exact) mass is 369 g/mol. The maximum absolute atomic E-state index is 13.3. The standard InChI is InChI=1S/C21H27NO3Si/c1-21(2)12-14-16(25-26(3,4)5)11-15(21)18-17(14)19(23)22(20(18)24)13-9-7-6-8-10-13/h6-11,14-15,17-18H,12H2,1-5H3/t14-,15+,17+,18-/m0/s1. The molecule has 4 nitrogen and oxygen atoms in total. The van der Waals surface area contributed by atoms with Crippen LogP contribution < -0.4 is 4.90 Å². The zero-order valence-electron chi connectivity index (χ0n) is 16.2. The Morgan fingerprint density at radius 1 is 1.04 bits per heavy atom. The van der Waals surface area contributed by atoms with Gasteiger partial charge in [-0.1, -0.05) is 32.0 Å². The van der Waals surface area contributed by atoms with Crippen LogP contribution in [0.2, 0.25) is 19.6 Å². The first kappa shape index (κ1) is 17.5. The lowest BCUT2D eigenvalue weighted by Gasteiger charge is -2.52. The fourth-order valence-corrected chi connectivity index (χ4v) is 5.96. The fourth-order valence-electron chi connectivity index (χ4n) is 5.03. The number of imide groups is 1. The van der Waals surface area contributed by atoms with Crippen molar-refractivity contribution in [3.05, 3.63) is 42.2 Å². The molecular formula is C21H27NO3Si. The molecule has 1 saturated carbocycles. The number of hydrogen-bond acceptors (Lipinski definition) is 3. The summed E-state index contributed by atoms with van der Waals surface area (Å²) in [5.41, 5.74) is 0.683. The van der Waals surface area contributed by atoms with Gasteiger partial charge in [-0.2, -0.15) is 0 Å². The minimum atomic E-state index is -1.77. The van der Waals surface area contributed by atoms with Gasteiger partial charge in [0.05, 0.1) is 23.3 Å². The number of hydrogen-bond donors (Lipinski definition) is 0. The largest absolute Gasteiger partial charge is 0.547 e. The Balaban J connectivity index is 1.76. The van der Waals surface area contributed by atoms with Crippen LogP contribution in [0.1, 0.15) is 20.3 Å². The van der Waals surface area contributed by atoms with Crippen molar-refractivity contribution in [1.82, 2.24) is 0 Å². The number of amides is 2. The van der Waals surface area contributed by atoms with Crippen LogP contribution in [0.15, 0.2) is 42.2 Å². The van der Waals surface area contributed by atoms with E-state index in [1.807, 2.05) is 30.3 Å². The summed E-state index contributed by atoms with van der Waals surface area (Å²) in [7, 11) is -1.77. The summed E-state index contributed by atoms with van der Waals surface area (Å²) >= 11 is 0. The predicted molar refractivity (Wildman–Crippen MR) is 104 cm³/mol. The van der Waals surface area contributed by atoms with Gasteiger partial charge in [-0.05, 0) is 55.6 Å². The number of rotatable bonds is 3. The van der Waals surface area contributed by atoms with Crippen molar-refractivity contribution < 1.29 is 14.0 Å². The maximum atomic E-state index is 13.3. The molecule has 1 heterocycles. The van der Waals surface area contributed by atoms with Crippen LogP contribution in [0.5, 0.6) is 0 Å². The molecule has 26 heavy (non-hydrogen) atoms. The van der Waals surface area contributed by atoms with E-state index in [0.29, 0.717) is 5.69 Å². The fraction of sp³-hybridized carbons (Fsp3) is 0.524. The Morgan fingerprint density at radius 3 is 2.27 bits per heavy atom. The van der Waals surface area contributed by atoms with Gasteiger partial charge in [-0.3, -0.25) is 14.5 Å². The molecule has 0 N–H and O–H groups in total. The number of fused-ring (bicyclic) bond motifs is 1. The van der Waals surface area contributed by atoms with Crippen LogP contribution in [0.25, 0.3) is 0 Å². The Bertz CT molecular complexity index is 793. The zero-order chi connectivity index (χ0) is 18.9. The summed E-state index contributed by atoms with van der Waals surface area (Å²) in [6.07, 6.45) is 3.07. The van der Waals surface area contributed by atoms with E-state index in [1.165, 1.54) is 4.90 Å². The minimum Gasteiger partial charge on any atom is -0.547 e. The van der Waals surface area contributed by atoms with Crippen LogP contribution in [-0.4, -0.2) is 20.1 Å². The highest BCUT2D eigenvalue weighted by molar-refractivity contribution is 6.70. The quantitative estimate of drug-likeness (QED) is 0.592. The average Bonchev–Trinajstić information content (AvgIpc) is 2.80. The lowest BCUT2D eigenvalue weighted by Crippen LogP contribution is -2.50. The molecule has 138 valence electrons. The van der Waals surface area contributed by atoms with Crippen molar-refractivity contribution in [3.63, 3.8) is 0 Å². The lowest BCUT2D eigenvalue weighted by molar-refractivity contribution is -0.130. The Morgan fingerprint density at radius 2 is 1.65 bits per heavy atom. The number of carbonyl (C=O) groups is 2. The Kier molecular flexibility index (Phi) is 3.74. The Labute approximate surface area is 156 Å². The van der Waals surface area contributed by atoms with Gasteiger partial charge in [0.15, 0.2) is 0 Å². The highest BCUT2D eigenvalue weighted by Crippen LogP contribution is 2.60. The number of anilines is 1. The second-order valence-electron chi connectivity index (χ2n) is 9.51. The van der Waals surface area contributed by atoms with E-state index in [2.05, 4.69) is 39.6 Å². The average molecular weight is 370 g/mol. The molecule has 2 bridgehead atoms. The number of allylic oxidation sites excluding steroid dienone is 2. The molecule has 5 heteroatoms. The highest BCUT2D eigenvalue weighted by atomic mass is 28.4. The Hall–Kier alpha value is -1.88. The third-order valence-electron chi connectivity index (χ3n) is 6.01. The van der Waals surface area contributed by atoms with Gasteiger partial charge in [-0.15, -0.1) is 0 Å². The van der Waals surface area contributed by atoms with Crippen molar-refractivity contribution in [2.24, 2.45) is 29.1 Å². The number of nitrogens with zero attached hydrogens (tertiary/aromatic N) is 1. The molecule has 1 aromatic carbocycles. The van der Waals surface area contributed by atoms with Crippen molar-refractivity contribution in [3.8, 4) is 0 Å². The summed E-state index contributed by atoms with van der Waals surface area (Å²) < 4.78 is 6.36. The summed E-state index contributed by atoms with van der Waals surface area (Å²) in [4.78, 5) is 28.0. The summed E-state index contributed by atoms with van der Waals surface area (Å²) in [5, 5.41) is 0. The van der Waals surface area contributed by atoms with Crippen molar-refractivity contribution in [2.45, 2.75) is 39.9 Å². The van der Waals surface area contributed by atoms with Crippen molar-refractivity contribution in [2.75, 3.05) is 4.90 Å². The van der Waals surface area contributed by atoms with Gasteiger partial charge in [0.2, 0.25) is 20.1 Å². The molecule has 0 radical (unpaired) electrons. The molecular weight excluding hydrogens is 342 g/mol. The third-order valence-corrected chi connectivity index (χ3v) is 6.86. The van der Waals surface area contributed by atoms with Crippen LogP contribution in [0.4, 0.5) is 5.69 Å². The number of para-hydroxylation sites is 1. The molecule has 5 rings (SSSR count). The SMILES string of the molecule is CC1(C)C[C@H]2C(O[Si](C)(C)C)=C[C@@H]1[C@@H]1C(=O)N(c3ccccc3)C(=O)[C@@H]12. The second-order valence-corrected chi connectivity index (χ2v) is 13.9. The first-order chi connectivity index (χ1) is 12.1. The first-order valence-electron chi connectivity index (χ1n) is 9.44. The van der Waals surface area contributed by atoms with E-state index in [4.69, 9.17) is 4.43 Å². The summed E-state index contributed by atoms with van der Waals surface area (Å²) in [6, 6.07) is 9.32. The van der Waals surface area contributed by atoms with Gasteiger partial charge < -0.3 is 4.43 Å². The van der Waals surface area contributed by atoms with E-state index >= 15 is 0 Å². The van der Waals surface area contributed by atoms with E-state index in [9.17, 15) is 9.59 Å². The van der Waals surface area contributed by atoms with E-state index in [0.717, 1.165) is 12.2 Å². The van der Waals surface area contributed by atoms with Crippen LogP contribution in [0, 0.1) is 29.1 Å². The lowest BCUT2D eigenvalue weighted by atomic mass is 9.52. The summed E-state index contributed by atoms with van der Waals surface area (Å²) in [5.74, 6) is 0.387. The minimum absolute atomic E-state index is 0.000765. The molecule has 0 spiro atoms. The molecule has 0 unspecified atom stereocenters. The second kappa shape index (κ2) is 5.56. The predicted octanol–water partition coefficient (Wildman–Crippen LogP) is 4.20. The smallest absolute Gasteiger partial charge is 0.241 e. The van der Waals surface area contributed by atoms with Crippen LogP contribution in [-0.2, 0) is 14.0 Å². The summed E-state index contributed by atoms with van der Waals surface area (Å²) in [6.45, 7) is 10.9. The molecule has 1 aromatic rings. The molecule has 2 fully saturated rings. The first-order valence-corrected chi connectivity index (χ1v) is 12.8. The maximum Gasteiger partial charge on any atom is 0.241 e. The van der Waals surface area contributed by atoms with E-state index < -0.39 is 8.32 Å². The zero-order valence-corrected chi connectivity index (χ0v) is 17.2. The van der Waals surface area contributed by atoms with E-state index in [-0.39, 0.29) is 40.9 Å². The van der Waals surface area contributed by atoms with E-state index in [1.54, 1.807) is 0 Å². The number of carbonyl (C=O) groups excluding carboxylic acids is 2. The van der Waals surface area contributed by atoms with Gasteiger partial charge in [-0.25, -0.2) is 0 Å². The molecule has 3 aliphatic carbocycles. The van der Waals surface area contributed by atoms with Gasteiger partial charge in [0.25, 0.3) is 0 Å². The van der Waals surface area contributed by atoms with Crippen LogP contribution in [0.3, 0.4) is 0 Å². The topological polar surface area (TPSA) is 46.6 Å². The third kappa shape index (κ3) is 2.56. The van der Waals surface area contributed by atoms with Crippen molar-refractivity contribution >= 4 is 25.8 Å². The van der Waals surface area contributed by atoms with Crippen molar-refractivity contribution in [1.29, 1.82) is 0 Å². The molecule has 0 aromatic heterocycles. The molecule has 2 amide bonds. The van der Waals surface area contributed by atoms with Gasteiger partial charge >= 0.3 is 0 Å². The number of benzene rings is 1. The molecule has 4 atom stereocenters.